The maximum Gasteiger partial charge on any atom is 0.248 e. The van der Waals surface area contributed by atoms with E-state index in [2.05, 4.69) is 34.3 Å². The van der Waals surface area contributed by atoms with Crippen LogP contribution >= 0.6 is 0 Å². The fourth-order valence-corrected chi connectivity index (χ4v) is 5.94. The number of rotatable bonds is 11. The Kier molecular flexibility index (Phi) is 10.2. The lowest BCUT2D eigenvalue weighted by atomic mass is 10.0. The smallest absolute Gasteiger partial charge is 0.248 e. The molecule has 0 saturated carbocycles. The van der Waals surface area contributed by atoms with Gasteiger partial charge in [-0.15, -0.1) is 0 Å². The van der Waals surface area contributed by atoms with Crippen LogP contribution in [0.5, 0.6) is 0 Å². The van der Waals surface area contributed by atoms with E-state index in [0.717, 1.165) is 50.0 Å². The Morgan fingerprint density at radius 1 is 1.00 bits per heavy atom. The summed E-state index contributed by atoms with van der Waals surface area (Å²) in [5, 5.41) is 5.76. The molecule has 0 aromatic heterocycles. The van der Waals surface area contributed by atoms with Gasteiger partial charge >= 0.3 is 0 Å². The van der Waals surface area contributed by atoms with Crippen LogP contribution in [0.15, 0.2) is 83.8 Å². The highest BCUT2D eigenvalue weighted by molar-refractivity contribution is 7.90. The number of benzene rings is 3. The molecule has 222 valence electrons. The number of nitrogens with two attached hydrogens (primary N) is 1. The monoisotopic (exact) mass is 589 g/mol. The van der Waals surface area contributed by atoms with Gasteiger partial charge in [0.1, 0.15) is 6.04 Å². The van der Waals surface area contributed by atoms with E-state index in [9.17, 15) is 18.0 Å². The molecule has 0 radical (unpaired) electrons. The molecular weight excluding hydrogens is 550 g/mol. The van der Waals surface area contributed by atoms with Gasteiger partial charge in [-0.2, -0.15) is 0 Å². The summed E-state index contributed by atoms with van der Waals surface area (Å²) in [6, 6.07) is 20.7. The third kappa shape index (κ3) is 7.84. The summed E-state index contributed by atoms with van der Waals surface area (Å²) in [5.74, 6) is -0.485. The van der Waals surface area contributed by atoms with E-state index in [-0.39, 0.29) is 16.7 Å². The van der Waals surface area contributed by atoms with E-state index < -0.39 is 15.9 Å². The maximum atomic E-state index is 13.7. The summed E-state index contributed by atoms with van der Waals surface area (Å²) in [6.45, 7) is 7.73. The fraction of sp³-hybridized carbons (Fsp3) is 0.312. The molecule has 9 nitrogen and oxygen atoms in total. The number of sulfone groups is 1. The number of carbonyl (C=O) groups excluding carboxylic acids is 2. The Morgan fingerprint density at radius 3 is 2.29 bits per heavy atom. The van der Waals surface area contributed by atoms with E-state index in [1.54, 1.807) is 42.5 Å². The minimum atomic E-state index is -3.33. The molecule has 0 aliphatic carbocycles. The molecule has 1 aliphatic heterocycles. The first-order chi connectivity index (χ1) is 20.1. The van der Waals surface area contributed by atoms with Crippen molar-refractivity contribution < 1.29 is 18.0 Å². The zero-order valence-electron chi connectivity index (χ0n) is 24.3. The minimum Gasteiger partial charge on any atom is -0.397 e. The zero-order valence-corrected chi connectivity index (χ0v) is 25.1. The third-order valence-electron chi connectivity index (χ3n) is 7.59. The van der Waals surface area contributed by atoms with Crippen LogP contribution in [-0.2, 0) is 19.4 Å². The Bertz CT molecular complexity index is 1520. The van der Waals surface area contributed by atoms with Gasteiger partial charge in [0.15, 0.2) is 9.84 Å². The number of nitrogens with zero attached hydrogens (tertiary/aromatic N) is 2. The molecule has 2 amide bonds. The van der Waals surface area contributed by atoms with Crippen molar-refractivity contribution in [3.05, 3.63) is 90.0 Å². The normalized spacial score (nSPS) is 16.5. The van der Waals surface area contributed by atoms with Crippen molar-refractivity contribution >= 4 is 44.8 Å². The topological polar surface area (TPSA) is 125 Å². The molecule has 1 saturated heterocycles. The zero-order chi connectivity index (χ0) is 30.3. The number of hydrogen-bond acceptors (Lipinski definition) is 7. The van der Waals surface area contributed by atoms with Gasteiger partial charge in [0.25, 0.3) is 0 Å². The predicted octanol–water partition coefficient (Wildman–Crippen LogP) is 4.42. The van der Waals surface area contributed by atoms with Gasteiger partial charge in [-0.1, -0.05) is 50.2 Å². The number of nitrogen functional groups attached to an aromatic ring is 1. The van der Waals surface area contributed by atoms with Crippen LogP contribution in [0.4, 0.5) is 17.1 Å². The van der Waals surface area contributed by atoms with Crippen molar-refractivity contribution in [2.45, 2.75) is 37.2 Å². The van der Waals surface area contributed by atoms with Gasteiger partial charge in [0.05, 0.1) is 16.3 Å². The van der Waals surface area contributed by atoms with Gasteiger partial charge < -0.3 is 16.4 Å². The number of nitrogens with one attached hydrogen (secondary N) is 2. The van der Waals surface area contributed by atoms with Gasteiger partial charge in [0, 0.05) is 37.2 Å². The fourth-order valence-electron chi connectivity index (χ4n) is 5.31. The summed E-state index contributed by atoms with van der Waals surface area (Å²) in [6.07, 6.45) is 5.28. The van der Waals surface area contributed by atoms with Crippen LogP contribution in [-0.4, -0.2) is 68.5 Å². The lowest BCUT2D eigenvalue weighted by molar-refractivity contribution is -0.121. The second-order valence-corrected chi connectivity index (χ2v) is 12.4. The second-order valence-electron chi connectivity index (χ2n) is 10.4. The van der Waals surface area contributed by atoms with Crippen LogP contribution in [0, 0.1) is 0 Å². The summed E-state index contributed by atoms with van der Waals surface area (Å²) < 4.78 is 23.7. The van der Waals surface area contributed by atoms with E-state index >= 15 is 0 Å². The summed E-state index contributed by atoms with van der Waals surface area (Å²) in [7, 11) is -3.33. The molecule has 2 unspecified atom stereocenters. The first-order valence-electron chi connectivity index (χ1n) is 14.1. The number of hydrogen-bond donors (Lipinski definition) is 3. The SMILES string of the molecule is CCN(CC)C1CCN(C(C(=O)Nc2ccc(S(C)(=O)=O)cc2)c2ccc(/C=C/C(=O)Nc3ccccc3N)cc2)C1. The first kappa shape index (κ1) is 31.0. The maximum absolute atomic E-state index is 13.7. The highest BCUT2D eigenvalue weighted by atomic mass is 32.2. The summed E-state index contributed by atoms with van der Waals surface area (Å²) >= 11 is 0. The van der Waals surface area contributed by atoms with Crippen molar-refractivity contribution in [2.24, 2.45) is 0 Å². The van der Waals surface area contributed by atoms with E-state index in [1.165, 1.54) is 18.2 Å². The van der Waals surface area contributed by atoms with Gasteiger partial charge in [-0.05, 0) is 73.1 Å². The summed E-state index contributed by atoms with van der Waals surface area (Å²) in [5.41, 5.74) is 9.12. The van der Waals surface area contributed by atoms with Crippen LogP contribution in [0.3, 0.4) is 0 Å². The number of likely N-dealkylation sites (N-methyl/N-ethyl adjacent to an activating group) is 1. The van der Waals surface area contributed by atoms with Crippen molar-refractivity contribution in [2.75, 3.05) is 48.8 Å². The molecule has 1 fully saturated rings. The van der Waals surface area contributed by atoms with Crippen molar-refractivity contribution in [3.8, 4) is 0 Å². The first-order valence-corrected chi connectivity index (χ1v) is 16.0. The molecule has 0 spiro atoms. The number of likely N-dealkylation sites (tertiary alicyclic amines) is 1. The summed E-state index contributed by atoms with van der Waals surface area (Å²) in [4.78, 5) is 31.0. The average Bonchev–Trinajstić information content (AvgIpc) is 3.43. The van der Waals surface area contributed by atoms with E-state index in [4.69, 9.17) is 5.73 Å². The van der Waals surface area contributed by atoms with Crippen LogP contribution < -0.4 is 16.4 Å². The number of anilines is 3. The predicted molar refractivity (Wildman–Crippen MR) is 169 cm³/mol. The van der Waals surface area contributed by atoms with Crippen molar-refractivity contribution in [1.82, 2.24) is 9.80 Å². The van der Waals surface area contributed by atoms with Crippen LogP contribution in [0.25, 0.3) is 6.08 Å². The van der Waals surface area contributed by atoms with Crippen molar-refractivity contribution in [3.63, 3.8) is 0 Å². The second kappa shape index (κ2) is 13.8. The molecule has 1 aliphatic rings. The molecule has 3 aromatic carbocycles. The van der Waals surface area contributed by atoms with Crippen LogP contribution in [0.1, 0.15) is 37.4 Å². The van der Waals surface area contributed by atoms with E-state index in [1.807, 2.05) is 24.3 Å². The number of para-hydroxylation sites is 2. The van der Waals surface area contributed by atoms with Crippen molar-refractivity contribution in [1.29, 1.82) is 0 Å². The molecular formula is C32H39N5O4S. The quantitative estimate of drug-likeness (QED) is 0.223. The lowest BCUT2D eigenvalue weighted by Crippen LogP contribution is -2.40. The average molecular weight is 590 g/mol. The molecule has 0 bridgehead atoms. The molecule has 2 atom stereocenters. The number of amides is 2. The molecule has 4 rings (SSSR count). The largest absolute Gasteiger partial charge is 0.397 e. The highest BCUT2D eigenvalue weighted by Gasteiger charge is 2.35. The molecule has 1 heterocycles. The molecule has 3 aromatic rings. The molecule has 4 N–H and O–H groups in total. The Morgan fingerprint density at radius 2 is 1.67 bits per heavy atom. The van der Waals surface area contributed by atoms with Crippen LogP contribution in [0.2, 0.25) is 0 Å². The third-order valence-corrected chi connectivity index (χ3v) is 8.71. The van der Waals surface area contributed by atoms with Gasteiger partial charge in [-0.3, -0.25) is 19.4 Å². The lowest BCUT2D eigenvalue weighted by Gasteiger charge is -2.30. The standard InChI is InChI=1S/C32H39N5O4S/c1-4-36(5-2)26-20-21-37(22-26)31(32(39)34-25-15-17-27(18-16-25)42(3,40)41)24-13-10-23(11-14-24)12-19-30(38)35-29-9-7-6-8-28(29)33/h6-19,26,31H,4-5,20-22,33H2,1-3H3,(H,34,39)(H,35,38)/b19-12+. The highest BCUT2D eigenvalue weighted by Crippen LogP contribution is 2.29. The molecule has 10 heteroatoms. The minimum absolute atomic E-state index is 0.189. The Balaban J connectivity index is 1.52. The Labute approximate surface area is 248 Å². The number of carbonyl (C=O) groups is 2. The molecule has 42 heavy (non-hydrogen) atoms. The van der Waals surface area contributed by atoms with Gasteiger partial charge in [-0.25, -0.2) is 8.42 Å². The van der Waals surface area contributed by atoms with E-state index in [0.29, 0.717) is 23.1 Å². The Hall–Kier alpha value is -3.99. The van der Waals surface area contributed by atoms with Gasteiger partial charge in [0.2, 0.25) is 11.8 Å².